The number of piperazine rings is 1. The van der Waals surface area contributed by atoms with E-state index in [2.05, 4.69) is 46.4 Å². The molecule has 1 saturated heterocycles. The zero-order valence-electron chi connectivity index (χ0n) is 33.4. The van der Waals surface area contributed by atoms with E-state index in [4.69, 9.17) is 23.7 Å². The van der Waals surface area contributed by atoms with Crippen molar-refractivity contribution in [3.63, 3.8) is 0 Å². The van der Waals surface area contributed by atoms with E-state index >= 15 is 0 Å². The second-order valence-corrected chi connectivity index (χ2v) is 14.9. The number of benzene rings is 3. The highest BCUT2D eigenvalue weighted by atomic mass is 32.1. The number of carbonyl (C=O) groups excluding carboxylic acids is 3. The molecular weight excluding hydrogens is 759 g/mol. The molecule has 2 aliphatic heterocycles. The molecule has 0 bridgehead atoms. The number of nitrogens with one attached hydrogen (secondary N) is 1. The van der Waals surface area contributed by atoms with Crippen LogP contribution in [0.4, 0.5) is 10.8 Å². The molecule has 0 aliphatic carbocycles. The predicted octanol–water partition coefficient (Wildman–Crippen LogP) is 6.07. The molecule has 1 unspecified atom stereocenters. The molecule has 6 rings (SSSR count). The highest BCUT2D eigenvalue weighted by Gasteiger charge is 2.38. The van der Waals surface area contributed by atoms with Crippen LogP contribution in [0, 0.1) is 0 Å². The average Bonchev–Trinajstić information content (AvgIpc) is 3.89. The van der Waals surface area contributed by atoms with Gasteiger partial charge >= 0.3 is 0 Å². The highest BCUT2D eigenvalue weighted by molar-refractivity contribution is 7.13. The Kier molecular flexibility index (Phi) is 17.0. The predicted molar refractivity (Wildman–Crippen MR) is 224 cm³/mol. The average molecular weight is 814 g/mol. The number of hydrogen-bond donors (Lipinski definition) is 1. The lowest BCUT2D eigenvalue weighted by Crippen LogP contribution is -2.49. The largest absolute Gasteiger partial charge is 0.379 e. The van der Waals surface area contributed by atoms with E-state index in [0.717, 1.165) is 60.5 Å². The summed E-state index contributed by atoms with van der Waals surface area (Å²) in [6.45, 7) is 10.5. The molecule has 1 fully saturated rings. The summed E-state index contributed by atoms with van der Waals surface area (Å²) in [6.07, 6.45) is 4.19. The number of amides is 3. The van der Waals surface area contributed by atoms with Gasteiger partial charge in [0.2, 0.25) is 5.91 Å². The monoisotopic (exact) mass is 813 g/mol. The number of hydrogen-bond acceptors (Lipinski definition) is 11. The number of fused-ring (bicyclic) bond motifs is 1. The summed E-state index contributed by atoms with van der Waals surface area (Å²) in [5.74, 6) is -0.386. The Morgan fingerprint density at radius 2 is 1.38 bits per heavy atom. The Bertz CT molecular complexity index is 1860. The van der Waals surface area contributed by atoms with E-state index in [9.17, 15) is 14.4 Å². The SMILES string of the molecule is CCCCOCCOCCOCCOCCOCCC(=O)N1CCN(c2ccc(-c3ccc4c(c3)C(=O)N(C(C(=O)Nc3nccs3)c3ccccc3)C4)cc2)CC1. The fourth-order valence-electron chi connectivity index (χ4n) is 6.90. The van der Waals surface area contributed by atoms with E-state index in [0.29, 0.717) is 96.2 Å². The van der Waals surface area contributed by atoms with E-state index in [1.807, 2.05) is 53.4 Å². The molecular formula is C44H55N5O8S. The Labute approximate surface area is 345 Å². The van der Waals surface area contributed by atoms with E-state index in [-0.39, 0.29) is 17.7 Å². The second-order valence-electron chi connectivity index (χ2n) is 14.0. The molecule has 1 aromatic heterocycles. The van der Waals surface area contributed by atoms with Gasteiger partial charge in [0, 0.05) is 62.2 Å². The smallest absolute Gasteiger partial charge is 0.255 e. The summed E-state index contributed by atoms with van der Waals surface area (Å²) in [5.41, 5.74) is 5.23. The number of nitrogens with zero attached hydrogens (tertiary/aromatic N) is 4. The highest BCUT2D eigenvalue weighted by Crippen LogP contribution is 2.35. The van der Waals surface area contributed by atoms with Crippen LogP contribution in [0.1, 0.15) is 53.7 Å². The summed E-state index contributed by atoms with van der Waals surface area (Å²) in [7, 11) is 0. The molecule has 4 aromatic rings. The van der Waals surface area contributed by atoms with Gasteiger partial charge in [-0.1, -0.05) is 67.9 Å². The quantitative estimate of drug-likeness (QED) is 0.0833. The fraction of sp³-hybridized carbons (Fsp3) is 0.455. The van der Waals surface area contributed by atoms with Crippen molar-refractivity contribution in [2.24, 2.45) is 0 Å². The number of unbranched alkanes of at least 4 members (excludes halogenated alkanes) is 1. The Balaban J connectivity index is 0.880. The third kappa shape index (κ3) is 12.4. The normalized spacial score (nSPS) is 14.5. The zero-order valence-corrected chi connectivity index (χ0v) is 34.2. The van der Waals surface area contributed by atoms with Crippen LogP contribution in [0.25, 0.3) is 11.1 Å². The fourth-order valence-corrected chi connectivity index (χ4v) is 7.43. The van der Waals surface area contributed by atoms with Gasteiger partial charge in [0.25, 0.3) is 11.8 Å². The number of carbonyl (C=O) groups is 3. The molecule has 1 N–H and O–H groups in total. The molecule has 3 heterocycles. The minimum Gasteiger partial charge on any atom is -0.379 e. The van der Waals surface area contributed by atoms with Gasteiger partial charge in [0.1, 0.15) is 6.04 Å². The molecule has 13 nitrogen and oxygen atoms in total. The van der Waals surface area contributed by atoms with Crippen LogP contribution in [-0.4, -0.2) is 125 Å². The lowest BCUT2D eigenvalue weighted by molar-refractivity contribution is -0.132. The Hall–Kier alpha value is -4.70. The number of rotatable bonds is 24. The van der Waals surface area contributed by atoms with E-state index < -0.39 is 6.04 Å². The van der Waals surface area contributed by atoms with Crippen LogP contribution in [0.2, 0.25) is 0 Å². The molecule has 0 spiro atoms. The number of ether oxygens (including phenoxy) is 5. The van der Waals surface area contributed by atoms with Gasteiger partial charge < -0.3 is 38.4 Å². The summed E-state index contributed by atoms with van der Waals surface area (Å²) < 4.78 is 27.6. The summed E-state index contributed by atoms with van der Waals surface area (Å²) in [5, 5.41) is 5.17. The van der Waals surface area contributed by atoms with Gasteiger partial charge in [-0.25, -0.2) is 4.98 Å². The third-order valence-electron chi connectivity index (χ3n) is 10.1. The third-order valence-corrected chi connectivity index (χ3v) is 10.8. The number of thiazole rings is 1. The van der Waals surface area contributed by atoms with Crippen molar-refractivity contribution in [3.8, 4) is 11.1 Å². The summed E-state index contributed by atoms with van der Waals surface area (Å²) in [4.78, 5) is 50.3. The molecule has 310 valence electrons. The first kappa shape index (κ1) is 42.9. The topological polar surface area (TPSA) is 132 Å². The van der Waals surface area contributed by atoms with Gasteiger partial charge in [-0.05, 0) is 46.9 Å². The standard InChI is InChI=1S/C44H55N5O8S/c1-2-3-21-53-23-25-55-27-29-57-30-28-56-26-24-54-22-15-40(50)48-19-17-47(18-20-48)38-13-11-34(12-14-38)36-9-10-37-33-49(43(52)39(37)32-36)41(35-7-5-4-6-8-35)42(51)46-44-45-16-31-58-44/h4-14,16,31-32,41H,2-3,15,17-30,33H2,1H3,(H,45,46,51). The van der Waals surface area contributed by atoms with Crippen LogP contribution in [0.15, 0.2) is 84.4 Å². The molecule has 3 amide bonds. The van der Waals surface area contributed by atoms with Crippen LogP contribution in [-0.2, 0) is 39.8 Å². The van der Waals surface area contributed by atoms with E-state index in [1.165, 1.54) is 11.3 Å². The maximum absolute atomic E-state index is 13.9. The first-order valence-electron chi connectivity index (χ1n) is 20.2. The van der Waals surface area contributed by atoms with Gasteiger partial charge in [0.15, 0.2) is 5.13 Å². The molecule has 14 heteroatoms. The first-order chi connectivity index (χ1) is 28.5. The second kappa shape index (κ2) is 23.0. The first-order valence-corrected chi connectivity index (χ1v) is 21.1. The minimum absolute atomic E-state index is 0.0963. The molecule has 0 radical (unpaired) electrons. The van der Waals surface area contributed by atoms with Crippen molar-refractivity contribution < 1.29 is 38.1 Å². The number of anilines is 2. The van der Waals surface area contributed by atoms with Crippen LogP contribution < -0.4 is 10.2 Å². The lowest BCUT2D eigenvalue weighted by Gasteiger charge is -2.36. The van der Waals surface area contributed by atoms with Crippen molar-refractivity contribution >= 4 is 39.9 Å². The van der Waals surface area contributed by atoms with Crippen LogP contribution >= 0.6 is 11.3 Å². The van der Waals surface area contributed by atoms with E-state index in [1.54, 1.807) is 16.5 Å². The van der Waals surface area contributed by atoms with Crippen molar-refractivity contribution in [3.05, 3.63) is 101 Å². The zero-order chi connectivity index (χ0) is 40.4. The Morgan fingerprint density at radius 3 is 2.00 bits per heavy atom. The number of aromatic nitrogens is 1. The summed E-state index contributed by atoms with van der Waals surface area (Å²) >= 11 is 1.33. The van der Waals surface area contributed by atoms with Crippen molar-refractivity contribution in [1.82, 2.24) is 14.8 Å². The van der Waals surface area contributed by atoms with Crippen molar-refractivity contribution in [2.45, 2.75) is 38.8 Å². The van der Waals surface area contributed by atoms with Gasteiger partial charge in [-0.3, -0.25) is 19.7 Å². The van der Waals surface area contributed by atoms with Gasteiger partial charge in [-0.2, -0.15) is 0 Å². The molecule has 58 heavy (non-hydrogen) atoms. The lowest BCUT2D eigenvalue weighted by atomic mass is 10.00. The maximum Gasteiger partial charge on any atom is 0.255 e. The van der Waals surface area contributed by atoms with Crippen molar-refractivity contribution in [1.29, 1.82) is 0 Å². The van der Waals surface area contributed by atoms with Crippen LogP contribution in [0.5, 0.6) is 0 Å². The maximum atomic E-state index is 13.9. The minimum atomic E-state index is -0.804. The van der Waals surface area contributed by atoms with Crippen molar-refractivity contribution in [2.75, 3.05) is 102 Å². The molecule has 0 saturated carbocycles. The van der Waals surface area contributed by atoms with Gasteiger partial charge in [0.05, 0.1) is 65.9 Å². The molecule has 3 aromatic carbocycles. The van der Waals surface area contributed by atoms with Crippen LogP contribution in [0.3, 0.4) is 0 Å². The Morgan fingerprint density at radius 1 is 0.759 bits per heavy atom. The molecule has 2 aliphatic rings. The van der Waals surface area contributed by atoms with Gasteiger partial charge in [-0.15, -0.1) is 11.3 Å². The summed E-state index contributed by atoms with van der Waals surface area (Å²) in [6, 6.07) is 22.8. The molecule has 1 atom stereocenters.